The summed E-state index contributed by atoms with van der Waals surface area (Å²) >= 11 is 0. The van der Waals surface area contributed by atoms with Gasteiger partial charge in [0.2, 0.25) is 0 Å². The summed E-state index contributed by atoms with van der Waals surface area (Å²) in [4.78, 5) is 55.9. The molecule has 0 aliphatic rings. The first-order valence-corrected chi connectivity index (χ1v) is 11.0. The Kier molecular flexibility index (Phi) is 7.23. The molecule has 11 heteroatoms. The van der Waals surface area contributed by atoms with Crippen LogP contribution in [0, 0.1) is 0 Å². The van der Waals surface area contributed by atoms with Crippen LogP contribution in [-0.4, -0.2) is 36.8 Å². The number of nitrogens with one attached hydrogen (secondary N) is 2. The number of aromatic nitrogens is 4. The minimum Gasteiger partial charge on any atom is -0.454 e. The van der Waals surface area contributed by atoms with Gasteiger partial charge < -0.3 is 14.0 Å². The Labute approximate surface area is 195 Å². The molecule has 182 valence electrons. The lowest BCUT2D eigenvalue weighted by Gasteiger charge is -2.19. The van der Waals surface area contributed by atoms with Crippen LogP contribution in [-0.2, 0) is 29.7 Å². The molecule has 0 bridgehead atoms. The van der Waals surface area contributed by atoms with Crippen molar-refractivity contribution in [3.05, 3.63) is 56.5 Å². The highest BCUT2D eigenvalue weighted by atomic mass is 16.6. The molecular weight excluding hydrogens is 442 g/mol. The number of H-pyrrole nitrogens is 1. The topological polar surface area (TPSA) is 137 Å². The maximum absolute atomic E-state index is 12.6. The molecule has 3 aromatic rings. The molecule has 0 saturated heterocycles. The highest BCUT2D eigenvalue weighted by Gasteiger charge is 2.19. The number of nitrogens with zero attached hydrogens (tertiary/aromatic N) is 3. The number of carbonyl (C=O) groups is 2. The fraction of sp³-hybridized carbons (Fsp3) is 0.435. The summed E-state index contributed by atoms with van der Waals surface area (Å²) in [6, 6.07) is 6.23. The maximum Gasteiger partial charge on any atom is 0.412 e. The first-order chi connectivity index (χ1) is 16.0. The molecular formula is C23H29N5O6. The molecule has 0 radical (unpaired) electrons. The lowest BCUT2D eigenvalue weighted by molar-refractivity contribution is 0.0458. The van der Waals surface area contributed by atoms with E-state index in [1.807, 2.05) is 6.92 Å². The molecule has 3 rings (SSSR count). The summed E-state index contributed by atoms with van der Waals surface area (Å²) in [7, 11) is 1.62. The average Bonchev–Trinajstić information content (AvgIpc) is 3.07. The monoisotopic (exact) mass is 471 g/mol. The van der Waals surface area contributed by atoms with Crippen LogP contribution in [0.25, 0.3) is 11.2 Å². The van der Waals surface area contributed by atoms with E-state index in [0.717, 1.165) is 12.8 Å². The van der Waals surface area contributed by atoms with Gasteiger partial charge in [-0.3, -0.25) is 19.7 Å². The van der Waals surface area contributed by atoms with Crippen molar-refractivity contribution in [1.82, 2.24) is 19.1 Å². The third kappa shape index (κ3) is 5.72. The van der Waals surface area contributed by atoms with Crippen molar-refractivity contribution in [1.29, 1.82) is 0 Å². The van der Waals surface area contributed by atoms with Gasteiger partial charge in [-0.2, -0.15) is 0 Å². The molecule has 2 heterocycles. The van der Waals surface area contributed by atoms with Crippen molar-refractivity contribution >= 4 is 28.9 Å². The number of ether oxygens (including phenoxy) is 2. The Bertz CT molecular complexity index is 1330. The summed E-state index contributed by atoms with van der Waals surface area (Å²) in [6.07, 6.45) is 0.971. The Hall–Kier alpha value is -3.89. The standard InChI is InChI=1S/C23H29N5O6/c1-6-7-11-28-18-17(19(29)26-21(28)31)27(5)16(25-18)13-33-20(30)14-9-8-10-15(12-14)24-22(32)34-23(2,3)4/h8-10,12H,6-7,11,13H2,1-5H3,(H,24,32)(H,26,29,31). The molecule has 0 aliphatic heterocycles. The van der Waals surface area contributed by atoms with Crippen LogP contribution in [0.5, 0.6) is 0 Å². The fourth-order valence-corrected chi connectivity index (χ4v) is 3.30. The first-order valence-electron chi connectivity index (χ1n) is 11.0. The van der Waals surface area contributed by atoms with E-state index in [-0.39, 0.29) is 23.3 Å². The van der Waals surface area contributed by atoms with Gasteiger partial charge in [-0.1, -0.05) is 19.4 Å². The summed E-state index contributed by atoms with van der Waals surface area (Å²) in [6.45, 7) is 7.44. The zero-order valence-electron chi connectivity index (χ0n) is 19.9. The van der Waals surface area contributed by atoms with E-state index >= 15 is 0 Å². The van der Waals surface area contributed by atoms with Gasteiger partial charge in [0.1, 0.15) is 18.0 Å². The van der Waals surface area contributed by atoms with E-state index in [0.29, 0.717) is 18.1 Å². The molecule has 0 saturated carbocycles. The van der Waals surface area contributed by atoms with Crippen LogP contribution >= 0.6 is 0 Å². The highest BCUT2D eigenvalue weighted by Crippen LogP contribution is 2.16. The third-order valence-corrected chi connectivity index (χ3v) is 4.92. The first kappa shape index (κ1) is 24.7. The van der Waals surface area contributed by atoms with Crippen molar-refractivity contribution in [3.8, 4) is 0 Å². The molecule has 34 heavy (non-hydrogen) atoms. The maximum atomic E-state index is 12.6. The highest BCUT2D eigenvalue weighted by molar-refractivity contribution is 5.92. The smallest absolute Gasteiger partial charge is 0.412 e. The van der Waals surface area contributed by atoms with Gasteiger partial charge in [0.25, 0.3) is 5.56 Å². The number of aromatic amines is 1. The second kappa shape index (κ2) is 9.94. The molecule has 0 unspecified atom stereocenters. The number of esters is 1. The summed E-state index contributed by atoms with van der Waals surface area (Å²) in [5.74, 6) is -0.329. The quantitative estimate of drug-likeness (QED) is 0.505. The second-order valence-corrected chi connectivity index (χ2v) is 8.81. The van der Waals surface area contributed by atoms with Crippen molar-refractivity contribution in [2.75, 3.05) is 5.32 Å². The van der Waals surface area contributed by atoms with E-state index < -0.39 is 28.9 Å². The van der Waals surface area contributed by atoms with Crippen LogP contribution in [0.1, 0.15) is 56.7 Å². The van der Waals surface area contributed by atoms with Crippen LogP contribution in [0.4, 0.5) is 10.5 Å². The molecule has 0 atom stereocenters. The zero-order valence-corrected chi connectivity index (χ0v) is 19.9. The van der Waals surface area contributed by atoms with Gasteiger partial charge in [-0.25, -0.2) is 19.4 Å². The van der Waals surface area contributed by atoms with Crippen molar-refractivity contribution in [2.24, 2.45) is 7.05 Å². The predicted octanol–water partition coefficient (Wildman–Crippen LogP) is 2.93. The minimum atomic E-state index is -0.657. The van der Waals surface area contributed by atoms with E-state index in [1.54, 1.807) is 46.0 Å². The average molecular weight is 472 g/mol. The van der Waals surface area contributed by atoms with E-state index in [1.165, 1.54) is 15.2 Å². The van der Waals surface area contributed by atoms with Crippen LogP contribution in [0.3, 0.4) is 0 Å². The Morgan fingerprint density at radius 3 is 2.62 bits per heavy atom. The predicted molar refractivity (Wildman–Crippen MR) is 126 cm³/mol. The zero-order chi connectivity index (χ0) is 25.0. The molecule has 11 nitrogen and oxygen atoms in total. The number of carbonyl (C=O) groups excluding carboxylic acids is 2. The lowest BCUT2D eigenvalue weighted by atomic mass is 10.2. The number of hydrogen-bond donors (Lipinski definition) is 2. The van der Waals surface area contributed by atoms with Crippen molar-refractivity contribution < 1.29 is 19.1 Å². The number of aryl methyl sites for hydroxylation is 2. The number of amides is 1. The molecule has 0 fully saturated rings. The fourth-order valence-electron chi connectivity index (χ4n) is 3.30. The summed E-state index contributed by atoms with van der Waals surface area (Å²) in [5.41, 5.74) is -0.675. The molecule has 2 aromatic heterocycles. The number of benzene rings is 1. The number of anilines is 1. The molecule has 1 amide bonds. The van der Waals surface area contributed by atoms with Gasteiger partial charge in [-0.15, -0.1) is 0 Å². The van der Waals surface area contributed by atoms with Crippen LogP contribution in [0.15, 0.2) is 33.9 Å². The minimum absolute atomic E-state index is 0.213. The van der Waals surface area contributed by atoms with E-state index in [2.05, 4.69) is 15.3 Å². The van der Waals surface area contributed by atoms with Gasteiger partial charge in [0, 0.05) is 19.3 Å². The van der Waals surface area contributed by atoms with Crippen LogP contribution < -0.4 is 16.6 Å². The van der Waals surface area contributed by atoms with Gasteiger partial charge >= 0.3 is 17.8 Å². The van der Waals surface area contributed by atoms with Crippen LogP contribution in [0.2, 0.25) is 0 Å². The van der Waals surface area contributed by atoms with Crippen molar-refractivity contribution in [2.45, 2.75) is 59.3 Å². The number of unbranched alkanes of at least 4 members (excludes halogenated alkanes) is 1. The molecule has 0 spiro atoms. The second-order valence-electron chi connectivity index (χ2n) is 8.81. The molecule has 1 aromatic carbocycles. The number of rotatable bonds is 7. The summed E-state index contributed by atoms with van der Waals surface area (Å²) in [5, 5.41) is 2.57. The van der Waals surface area contributed by atoms with E-state index in [9.17, 15) is 19.2 Å². The molecule has 0 aliphatic carbocycles. The molecule has 2 N–H and O–H groups in total. The van der Waals surface area contributed by atoms with Gasteiger partial charge in [-0.05, 0) is 45.4 Å². The number of hydrogen-bond acceptors (Lipinski definition) is 7. The Balaban J connectivity index is 1.77. The van der Waals surface area contributed by atoms with Gasteiger partial charge in [0.05, 0.1) is 5.56 Å². The normalized spacial score (nSPS) is 11.4. The third-order valence-electron chi connectivity index (χ3n) is 4.92. The Morgan fingerprint density at radius 2 is 1.94 bits per heavy atom. The lowest BCUT2D eigenvalue weighted by Crippen LogP contribution is -2.31. The largest absolute Gasteiger partial charge is 0.454 e. The van der Waals surface area contributed by atoms with Gasteiger partial charge in [0.15, 0.2) is 11.2 Å². The number of imidazole rings is 1. The van der Waals surface area contributed by atoms with E-state index in [4.69, 9.17) is 9.47 Å². The number of fused-ring (bicyclic) bond motifs is 1. The SMILES string of the molecule is CCCCn1c(=O)[nH]c(=O)c2c1nc(COC(=O)c1cccc(NC(=O)OC(C)(C)C)c1)n2C. The Morgan fingerprint density at radius 1 is 1.21 bits per heavy atom. The van der Waals surface area contributed by atoms with Crippen molar-refractivity contribution in [3.63, 3.8) is 0 Å². The summed E-state index contributed by atoms with van der Waals surface area (Å²) < 4.78 is 13.5.